The van der Waals surface area contributed by atoms with Gasteiger partial charge in [0, 0.05) is 5.40 Å². The van der Waals surface area contributed by atoms with E-state index < -0.39 is 17.0 Å². The van der Waals surface area contributed by atoms with Crippen LogP contribution < -0.4 is 0 Å². The molecule has 12 heavy (non-hydrogen) atoms. The van der Waals surface area contributed by atoms with Crippen molar-refractivity contribution < 1.29 is 14.6 Å². The zero-order valence-corrected chi connectivity index (χ0v) is 8.05. The molecule has 0 aromatic carbocycles. The molecule has 0 aliphatic rings. The van der Waals surface area contributed by atoms with Crippen molar-refractivity contribution in [1.82, 2.24) is 0 Å². The number of carboxylic acids is 1. The van der Waals surface area contributed by atoms with Gasteiger partial charge < -0.3 is 9.84 Å². The first-order valence-corrected chi connectivity index (χ1v) is 3.78. The highest BCUT2D eigenvalue weighted by Crippen LogP contribution is 2.16. The van der Waals surface area contributed by atoms with Gasteiger partial charge in [-0.15, -0.1) is 6.58 Å². The van der Waals surface area contributed by atoms with E-state index in [0.29, 0.717) is 0 Å². The summed E-state index contributed by atoms with van der Waals surface area (Å²) in [6, 6.07) is 0. The van der Waals surface area contributed by atoms with Crippen molar-refractivity contribution in [3.63, 3.8) is 0 Å². The molecule has 0 aliphatic carbocycles. The lowest BCUT2D eigenvalue weighted by Crippen LogP contribution is -2.45. The van der Waals surface area contributed by atoms with E-state index >= 15 is 0 Å². The maximum Gasteiger partial charge on any atom is 0.335 e. The standard InChI is InChI=1S/C7H14B2O3/c1-4-7(8,9)12-6(2,3)5(10)11/h4H,1,8-9H2,2-3H3,(H,10,11). The summed E-state index contributed by atoms with van der Waals surface area (Å²) >= 11 is 0. The molecule has 1 N–H and O–H groups in total. The minimum absolute atomic E-state index is 0.609. The molecule has 0 radical (unpaired) electrons. The lowest BCUT2D eigenvalue weighted by Gasteiger charge is -2.31. The third kappa shape index (κ3) is 3.13. The van der Waals surface area contributed by atoms with Crippen LogP contribution in [0.15, 0.2) is 12.7 Å². The molecule has 0 aromatic rings. The van der Waals surface area contributed by atoms with E-state index in [2.05, 4.69) is 6.58 Å². The predicted molar refractivity (Wildman–Crippen MR) is 52.8 cm³/mol. The van der Waals surface area contributed by atoms with Crippen molar-refractivity contribution in [2.45, 2.75) is 24.8 Å². The second kappa shape index (κ2) is 3.35. The Morgan fingerprint density at radius 1 is 1.58 bits per heavy atom. The highest BCUT2D eigenvalue weighted by molar-refractivity contribution is 6.40. The van der Waals surface area contributed by atoms with Crippen LogP contribution in [0.5, 0.6) is 0 Å². The summed E-state index contributed by atoms with van der Waals surface area (Å²) in [5, 5.41) is 8.13. The van der Waals surface area contributed by atoms with Crippen LogP contribution in [0.2, 0.25) is 0 Å². The number of rotatable bonds is 4. The molecule has 3 nitrogen and oxygen atoms in total. The fourth-order valence-electron chi connectivity index (χ4n) is 0.743. The molecule has 0 saturated carbocycles. The Kier molecular flexibility index (Phi) is 3.16. The monoisotopic (exact) mass is 168 g/mol. The van der Waals surface area contributed by atoms with Gasteiger partial charge in [0.1, 0.15) is 15.7 Å². The first kappa shape index (κ1) is 11.3. The molecule has 0 bridgehead atoms. The Hall–Kier alpha value is -0.700. The predicted octanol–water partition coefficient (Wildman–Crippen LogP) is -1.03. The third-order valence-electron chi connectivity index (χ3n) is 1.52. The maximum atomic E-state index is 10.7. The lowest BCUT2D eigenvalue weighted by molar-refractivity contribution is -0.163. The molecule has 0 amide bonds. The van der Waals surface area contributed by atoms with Gasteiger partial charge in [-0.05, 0) is 13.8 Å². The number of hydrogen-bond acceptors (Lipinski definition) is 2. The van der Waals surface area contributed by atoms with E-state index in [1.165, 1.54) is 13.8 Å². The van der Waals surface area contributed by atoms with Crippen LogP contribution in [-0.2, 0) is 9.53 Å². The Morgan fingerprint density at radius 3 is 2.25 bits per heavy atom. The Morgan fingerprint density at radius 2 is 2.00 bits per heavy atom. The molecular formula is C7H14B2O3. The van der Waals surface area contributed by atoms with Gasteiger partial charge in [-0.25, -0.2) is 4.79 Å². The zero-order chi connectivity index (χ0) is 9.99. The number of ether oxygens (including phenoxy) is 1. The van der Waals surface area contributed by atoms with Crippen molar-refractivity contribution in [2.75, 3.05) is 0 Å². The molecule has 0 fully saturated rings. The van der Waals surface area contributed by atoms with Gasteiger partial charge in [-0.1, -0.05) is 6.08 Å². The Labute approximate surface area is 74.6 Å². The smallest absolute Gasteiger partial charge is 0.335 e. The summed E-state index contributed by atoms with van der Waals surface area (Å²) in [5.74, 6) is -0.975. The topological polar surface area (TPSA) is 46.5 Å². The second-order valence-corrected chi connectivity index (χ2v) is 3.73. The minimum Gasteiger partial charge on any atom is -0.479 e. The van der Waals surface area contributed by atoms with Gasteiger partial charge in [0.25, 0.3) is 0 Å². The zero-order valence-electron chi connectivity index (χ0n) is 8.05. The summed E-state index contributed by atoms with van der Waals surface area (Å²) in [5.41, 5.74) is -1.17. The van der Waals surface area contributed by atoms with E-state index in [1.54, 1.807) is 21.8 Å². The second-order valence-electron chi connectivity index (χ2n) is 3.73. The molecule has 66 valence electrons. The summed E-state index contributed by atoms with van der Waals surface area (Å²) in [6.07, 6.45) is 1.58. The van der Waals surface area contributed by atoms with Gasteiger partial charge in [0.05, 0.1) is 0 Å². The van der Waals surface area contributed by atoms with E-state index in [4.69, 9.17) is 9.84 Å². The van der Waals surface area contributed by atoms with Crippen LogP contribution in [-0.4, -0.2) is 37.8 Å². The summed E-state index contributed by atoms with van der Waals surface area (Å²) in [7, 11) is 3.54. The SMILES string of the molecule is BC(B)(C=C)OC(C)(C)C(=O)O. The van der Waals surface area contributed by atoms with Crippen molar-refractivity contribution >= 4 is 21.7 Å². The highest BCUT2D eigenvalue weighted by atomic mass is 16.5. The summed E-state index contributed by atoms with van der Waals surface area (Å²) in [6.45, 7) is 6.59. The first-order valence-electron chi connectivity index (χ1n) is 3.78. The molecule has 0 saturated heterocycles. The molecular weight excluding hydrogens is 154 g/mol. The van der Waals surface area contributed by atoms with Crippen LogP contribution in [0, 0.1) is 0 Å². The van der Waals surface area contributed by atoms with Crippen LogP contribution >= 0.6 is 0 Å². The average Bonchev–Trinajstić information content (AvgIpc) is 1.85. The van der Waals surface area contributed by atoms with Gasteiger partial charge in [-0.3, -0.25) is 0 Å². The van der Waals surface area contributed by atoms with E-state index in [-0.39, 0.29) is 0 Å². The van der Waals surface area contributed by atoms with E-state index in [9.17, 15) is 4.79 Å². The van der Waals surface area contributed by atoms with Crippen LogP contribution in [0.4, 0.5) is 0 Å². The average molecular weight is 168 g/mol. The maximum absolute atomic E-state index is 10.7. The van der Waals surface area contributed by atoms with Gasteiger partial charge in [0.2, 0.25) is 0 Å². The quantitative estimate of drug-likeness (QED) is 0.431. The molecule has 0 atom stereocenters. The van der Waals surface area contributed by atoms with Crippen LogP contribution in [0.1, 0.15) is 13.8 Å². The van der Waals surface area contributed by atoms with Crippen molar-refractivity contribution in [2.24, 2.45) is 0 Å². The third-order valence-corrected chi connectivity index (χ3v) is 1.52. The fraction of sp³-hybridized carbons (Fsp3) is 0.571. The highest BCUT2D eigenvalue weighted by Gasteiger charge is 2.33. The molecule has 0 aliphatic heterocycles. The molecule has 0 spiro atoms. The Bertz CT molecular complexity index is 199. The Balaban J connectivity index is 4.44. The fourth-order valence-corrected chi connectivity index (χ4v) is 0.743. The van der Waals surface area contributed by atoms with Crippen molar-refractivity contribution in [3.05, 3.63) is 12.7 Å². The van der Waals surface area contributed by atoms with Gasteiger partial charge in [0.15, 0.2) is 5.60 Å². The largest absolute Gasteiger partial charge is 0.479 e. The molecule has 0 aromatic heterocycles. The minimum atomic E-state index is -1.17. The number of hydrogen-bond donors (Lipinski definition) is 1. The van der Waals surface area contributed by atoms with Crippen molar-refractivity contribution in [1.29, 1.82) is 0 Å². The van der Waals surface area contributed by atoms with Crippen molar-refractivity contribution in [3.8, 4) is 0 Å². The summed E-state index contributed by atoms with van der Waals surface area (Å²) in [4.78, 5) is 10.7. The molecule has 0 rings (SSSR count). The van der Waals surface area contributed by atoms with E-state index in [1.807, 2.05) is 0 Å². The van der Waals surface area contributed by atoms with E-state index in [0.717, 1.165) is 0 Å². The number of aliphatic carboxylic acids is 1. The van der Waals surface area contributed by atoms with Crippen LogP contribution in [0.25, 0.3) is 0 Å². The summed E-state index contributed by atoms with van der Waals surface area (Å²) < 4.78 is 5.32. The number of carbonyl (C=O) groups is 1. The normalized spacial score (nSPS) is 12.5. The molecule has 5 heteroatoms. The lowest BCUT2D eigenvalue weighted by atomic mass is 9.65. The number of carboxylic acid groups (broad SMARTS) is 1. The molecule has 0 unspecified atom stereocenters. The first-order chi connectivity index (χ1) is 5.21. The van der Waals surface area contributed by atoms with Crippen LogP contribution in [0.3, 0.4) is 0 Å². The van der Waals surface area contributed by atoms with Gasteiger partial charge in [-0.2, -0.15) is 0 Å². The molecule has 0 heterocycles. The van der Waals surface area contributed by atoms with Gasteiger partial charge >= 0.3 is 5.97 Å².